The van der Waals surface area contributed by atoms with Crippen molar-refractivity contribution >= 4 is 17.7 Å². The van der Waals surface area contributed by atoms with Crippen molar-refractivity contribution in [3.05, 3.63) is 47.4 Å². The van der Waals surface area contributed by atoms with E-state index < -0.39 is 17.8 Å². The number of carbonyl (C=O) groups is 2. The first-order chi connectivity index (χ1) is 9.95. The molecule has 2 amide bonds. The number of nitrogens with one attached hydrogen (secondary N) is 2. The van der Waals surface area contributed by atoms with E-state index in [1.54, 1.807) is 6.92 Å². The van der Waals surface area contributed by atoms with Gasteiger partial charge < -0.3 is 20.2 Å². The minimum absolute atomic E-state index is 0.00927. The molecule has 0 spiro atoms. The van der Waals surface area contributed by atoms with E-state index in [9.17, 15) is 14.0 Å². The number of nitrogens with zero attached hydrogens (tertiary/aromatic N) is 1. The lowest BCUT2D eigenvalue weighted by molar-refractivity contribution is 0.0697. The monoisotopic (exact) mass is 293 g/mol. The molecule has 0 atom stereocenters. The Bertz CT molecular complexity index is 684. The molecule has 0 saturated heterocycles. The second-order valence-corrected chi connectivity index (χ2v) is 4.17. The lowest BCUT2D eigenvalue weighted by Crippen LogP contribution is -2.29. The number of aromatic nitrogens is 1. The lowest BCUT2D eigenvalue weighted by Gasteiger charge is -2.09. The van der Waals surface area contributed by atoms with E-state index in [-0.39, 0.29) is 17.8 Å². The first kappa shape index (κ1) is 14.5. The molecule has 1 heterocycles. The summed E-state index contributed by atoms with van der Waals surface area (Å²) >= 11 is 0. The van der Waals surface area contributed by atoms with Gasteiger partial charge in [0.05, 0.1) is 24.0 Å². The summed E-state index contributed by atoms with van der Waals surface area (Å²) in [4.78, 5) is 26.5. The Morgan fingerprint density at radius 1 is 1.43 bits per heavy atom. The Balaban J connectivity index is 2.01. The number of urea groups is 1. The third-order valence-corrected chi connectivity index (χ3v) is 2.53. The minimum Gasteiger partial charge on any atom is -0.478 e. The maximum Gasteiger partial charge on any atom is 0.337 e. The summed E-state index contributed by atoms with van der Waals surface area (Å²) < 4.78 is 18.2. The van der Waals surface area contributed by atoms with Gasteiger partial charge in [0.2, 0.25) is 5.89 Å². The number of amides is 2. The maximum atomic E-state index is 13.0. The highest BCUT2D eigenvalue weighted by Gasteiger charge is 2.13. The van der Waals surface area contributed by atoms with Gasteiger partial charge in [-0.15, -0.1) is 0 Å². The number of oxazole rings is 1. The number of carboxylic acids is 1. The van der Waals surface area contributed by atoms with Crippen LogP contribution in [-0.4, -0.2) is 22.1 Å². The Kier molecular flexibility index (Phi) is 4.17. The third-order valence-electron chi connectivity index (χ3n) is 2.53. The Morgan fingerprint density at radius 2 is 2.19 bits per heavy atom. The van der Waals surface area contributed by atoms with E-state index in [2.05, 4.69) is 15.6 Å². The van der Waals surface area contributed by atoms with Crippen LogP contribution in [-0.2, 0) is 6.54 Å². The number of aryl methyl sites for hydroxylation is 1. The predicted molar refractivity (Wildman–Crippen MR) is 70.5 cm³/mol. The fraction of sp³-hybridized carbons (Fsp3) is 0.154. The highest BCUT2D eigenvalue weighted by Crippen LogP contribution is 2.17. The second kappa shape index (κ2) is 6.04. The molecule has 110 valence electrons. The van der Waals surface area contributed by atoms with Gasteiger partial charge in [-0.2, -0.15) is 0 Å². The number of anilines is 1. The highest BCUT2D eigenvalue weighted by molar-refractivity contribution is 5.99. The van der Waals surface area contributed by atoms with Gasteiger partial charge >= 0.3 is 12.0 Å². The van der Waals surface area contributed by atoms with Gasteiger partial charge in [-0.05, 0) is 25.1 Å². The van der Waals surface area contributed by atoms with Crippen LogP contribution in [0, 0.1) is 12.7 Å². The zero-order chi connectivity index (χ0) is 15.4. The SMILES string of the molecule is Cc1cnc(CNC(=O)Nc2ccc(F)cc2C(=O)O)o1. The van der Waals surface area contributed by atoms with Crippen molar-refractivity contribution in [3.63, 3.8) is 0 Å². The van der Waals surface area contributed by atoms with Crippen LogP contribution in [0.3, 0.4) is 0 Å². The predicted octanol–water partition coefficient (Wildman–Crippen LogP) is 2.14. The van der Waals surface area contributed by atoms with Crippen LogP contribution in [0.4, 0.5) is 14.9 Å². The standard InChI is InChI=1S/C13H12FN3O4/c1-7-5-15-11(21-7)6-16-13(20)17-10-3-2-8(14)4-9(10)12(18)19/h2-5H,6H2,1H3,(H,18,19)(H2,16,17,20). The molecule has 8 heteroatoms. The smallest absolute Gasteiger partial charge is 0.337 e. The molecule has 0 saturated carbocycles. The van der Waals surface area contributed by atoms with Gasteiger partial charge in [-0.3, -0.25) is 0 Å². The molecule has 7 nitrogen and oxygen atoms in total. The zero-order valence-corrected chi connectivity index (χ0v) is 11.0. The van der Waals surface area contributed by atoms with Crippen molar-refractivity contribution in [3.8, 4) is 0 Å². The highest BCUT2D eigenvalue weighted by atomic mass is 19.1. The largest absolute Gasteiger partial charge is 0.478 e. The quantitative estimate of drug-likeness (QED) is 0.801. The average Bonchev–Trinajstić information content (AvgIpc) is 2.84. The van der Waals surface area contributed by atoms with Gasteiger partial charge in [-0.1, -0.05) is 0 Å². The molecule has 0 aliphatic carbocycles. The molecule has 0 fully saturated rings. The van der Waals surface area contributed by atoms with Crippen LogP contribution in [0.15, 0.2) is 28.8 Å². The van der Waals surface area contributed by atoms with Gasteiger partial charge in [0.15, 0.2) is 0 Å². The summed E-state index contributed by atoms with van der Waals surface area (Å²) in [5, 5.41) is 13.7. The second-order valence-electron chi connectivity index (χ2n) is 4.17. The fourth-order valence-electron chi connectivity index (χ4n) is 1.61. The van der Waals surface area contributed by atoms with Gasteiger partial charge in [0, 0.05) is 0 Å². The molecule has 1 aromatic carbocycles. The van der Waals surface area contributed by atoms with Crippen LogP contribution in [0.2, 0.25) is 0 Å². The van der Waals surface area contributed by atoms with E-state index in [4.69, 9.17) is 9.52 Å². The Hall–Kier alpha value is -2.90. The minimum atomic E-state index is -1.34. The molecular weight excluding hydrogens is 281 g/mol. The van der Waals surface area contributed by atoms with Crippen LogP contribution in [0.25, 0.3) is 0 Å². The number of carbonyl (C=O) groups excluding carboxylic acids is 1. The van der Waals surface area contributed by atoms with Crippen molar-refractivity contribution in [2.75, 3.05) is 5.32 Å². The topological polar surface area (TPSA) is 104 Å². The van der Waals surface area contributed by atoms with E-state index in [0.29, 0.717) is 11.7 Å². The number of hydrogen-bond donors (Lipinski definition) is 3. The molecule has 0 bridgehead atoms. The van der Waals surface area contributed by atoms with Gasteiger partial charge in [0.25, 0.3) is 0 Å². The summed E-state index contributed by atoms with van der Waals surface area (Å²) in [6, 6.07) is 2.41. The molecule has 21 heavy (non-hydrogen) atoms. The normalized spacial score (nSPS) is 10.2. The molecule has 3 N–H and O–H groups in total. The molecule has 1 aromatic heterocycles. The number of halogens is 1. The van der Waals surface area contributed by atoms with E-state index in [0.717, 1.165) is 12.1 Å². The first-order valence-corrected chi connectivity index (χ1v) is 5.94. The van der Waals surface area contributed by atoms with Gasteiger partial charge in [0.1, 0.15) is 11.6 Å². The number of hydrogen-bond acceptors (Lipinski definition) is 4. The molecule has 0 unspecified atom stereocenters. The maximum absolute atomic E-state index is 13.0. The van der Waals surface area contributed by atoms with Crippen LogP contribution < -0.4 is 10.6 Å². The van der Waals surface area contributed by atoms with E-state index >= 15 is 0 Å². The molecular formula is C13H12FN3O4. The molecule has 0 aliphatic heterocycles. The number of benzene rings is 1. The Morgan fingerprint density at radius 3 is 2.81 bits per heavy atom. The van der Waals surface area contributed by atoms with Crippen molar-refractivity contribution in [1.82, 2.24) is 10.3 Å². The van der Waals surface area contributed by atoms with E-state index in [1.807, 2.05) is 0 Å². The molecule has 0 aliphatic rings. The summed E-state index contributed by atoms with van der Waals surface area (Å²) in [7, 11) is 0. The zero-order valence-electron chi connectivity index (χ0n) is 11.0. The fourth-order valence-corrected chi connectivity index (χ4v) is 1.61. The first-order valence-electron chi connectivity index (χ1n) is 5.94. The number of aromatic carboxylic acids is 1. The van der Waals surface area contributed by atoms with Crippen LogP contribution in [0.1, 0.15) is 22.0 Å². The van der Waals surface area contributed by atoms with Gasteiger partial charge in [-0.25, -0.2) is 19.0 Å². The third kappa shape index (κ3) is 3.78. The molecule has 2 aromatic rings. The van der Waals surface area contributed by atoms with Crippen molar-refractivity contribution in [2.45, 2.75) is 13.5 Å². The molecule has 2 rings (SSSR count). The lowest BCUT2D eigenvalue weighted by atomic mass is 10.2. The van der Waals surface area contributed by atoms with Crippen LogP contribution >= 0.6 is 0 Å². The summed E-state index contributed by atoms with van der Waals surface area (Å²) in [6.07, 6.45) is 1.51. The van der Waals surface area contributed by atoms with Crippen molar-refractivity contribution < 1.29 is 23.5 Å². The van der Waals surface area contributed by atoms with E-state index in [1.165, 1.54) is 12.3 Å². The summed E-state index contributed by atoms with van der Waals surface area (Å²) in [5.41, 5.74) is -0.345. The summed E-state index contributed by atoms with van der Waals surface area (Å²) in [6.45, 7) is 1.76. The number of carboxylic acid groups (broad SMARTS) is 1. The number of rotatable bonds is 4. The van der Waals surface area contributed by atoms with Crippen molar-refractivity contribution in [2.24, 2.45) is 0 Å². The molecule has 0 radical (unpaired) electrons. The summed E-state index contributed by atoms with van der Waals surface area (Å²) in [5.74, 6) is -1.11. The average molecular weight is 293 g/mol. The Labute approximate surface area is 118 Å². The van der Waals surface area contributed by atoms with Crippen molar-refractivity contribution in [1.29, 1.82) is 0 Å². The van der Waals surface area contributed by atoms with Crippen LogP contribution in [0.5, 0.6) is 0 Å².